The minimum absolute atomic E-state index is 0.112. The van der Waals surface area contributed by atoms with Crippen molar-refractivity contribution < 1.29 is 0 Å². The normalized spacial score (nSPS) is 15.9. The van der Waals surface area contributed by atoms with Crippen molar-refractivity contribution in [2.75, 3.05) is 10.6 Å². The van der Waals surface area contributed by atoms with E-state index in [4.69, 9.17) is 10.7 Å². The van der Waals surface area contributed by atoms with E-state index in [9.17, 15) is 0 Å². The first-order chi connectivity index (χ1) is 12.5. The van der Waals surface area contributed by atoms with Crippen LogP contribution in [0.3, 0.4) is 0 Å². The Balaban J connectivity index is 1.97. The van der Waals surface area contributed by atoms with E-state index in [1.54, 1.807) is 12.4 Å². The van der Waals surface area contributed by atoms with Crippen LogP contribution in [0.2, 0.25) is 0 Å². The molecule has 0 saturated carbocycles. The maximum Gasteiger partial charge on any atom is 0.163 e. The van der Waals surface area contributed by atoms with E-state index in [1.807, 2.05) is 19.2 Å². The van der Waals surface area contributed by atoms with Gasteiger partial charge < -0.3 is 10.6 Å². The van der Waals surface area contributed by atoms with Gasteiger partial charge in [0.15, 0.2) is 17.5 Å². The standard InChI is InChI=1S/C18H22N8/c1-5-14-18-24-23-11(4)26(18)15-9-21-16(12-6-7-20-8-13(12)19)22-17(15)25(14)10(2)3/h6-10,14H,5,19H2,1-4H3. The van der Waals surface area contributed by atoms with Crippen LogP contribution in [0.4, 0.5) is 11.5 Å². The molecule has 134 valence electrons. The van der Waals surface area contributed by atoms with Crippen LogP contribution in [-0.4, -0.2) is 35.8 Å². The van der Waals surface area contributed by atoms with Gasteiger partial charge in [0.1, 0.15) is 11.5 Å². The lowest BCUT2D eigenvalue weighted by atomic mass is 10.1. The molecular weight excluding hydrogens is 328 g/mol. The van der Waals surface area contributed by atoms with Crippen molar-refractivity contribution in [3.63, 3.8) is 0 Å². The summed E-state index contributed by atoms with van der Waals surface area (Å²) in [6.45, 7) is 8.43. The summed E-state index contributed by atoms with van der Waals surface area (Å²) in [5, 5.41) is 8.71. The fraction of sp³-hybridized carbons (Fsp3) is 0.389. The number of nitrogen functional groups attached to an aromatic ring is 1. The Morgan fingerprint density at radius 1 is 1.23 bits per heavy atom. The van der Waals surface area contributed by atoms with E-state index in [0.29, 0.717) is 11.5 Å². The van der Waals surface area contributed by atoms with Crippen molar-refractivity contribution in [3.05, 3.63) is 36.3 Å². The lowest BCUT2D eigenvalue weighted by molar-refractivity contribution is 0.496. The SMILES string of the molecule is CCC1c2nnc(C)n2-c2cnc(-c3ccncc3N)nc2N1C(C)C. The smallest absolute Gasteiger partial charge is 0.163 e. The lowest BCUT2D eigenvalue weighted by Gasteiger charge is -2.39. The molecule has 0 bridgehead atoms. The Morgan fingerprint density at radius 2 is 2.04 bits per heavy atom. The van der Waals surface area contributed by atoms with Crippen LogP contribution in [0.5, 0.6) is 0 Å². The van der Waals surface area contributed by atoms with Crippen molar-refractivity contribution in [2.24, 2.45) is 0 Å². The Hall–Kier alpha value is -3.03. The molecule has 1 unspecified atom stereocenters. The number of aryl methyl sites for hydroxylation is 1. The zero-order valence-electron chi connectivity index (χ0n) is 15.4. The molecule has 4 heterocycles. The van der Waals surface area contributed by atoms with Gasteiger partial charge in [-0.3, -0.25) is 9.55 Å². The fourth-order valence-electron chi connectivity index (χ4n) is 3.60. The van der Waals surface area contributed by atoms with Crippen LogP contribution in [-0.2, 0) is 0 Å². The molecule has 0 fully saturated rings. The third kappa shape index (κ3) is 2.33. The first-order valence-corrected chi connectivity index (χ1v) is 8.80. The molecule has 0 radical (unpaired) electrons. The second-order valence-electron chi connectivity index (χ2n) is 6.73. The summed E-state index contributed by atoms with van der Waals surface area (Å²) in [6, 6.07) is 2.20. The number of nitrogens with two attached hydrogens (primary N) is 1. The summed E-state index contributed by atoms with van der Waals surface area (Å²) < 4.78 is 2.06. The van der Waals surface area contributed by atoms with Gasteiger partial charge >= 0.3 is 0 Å². The van der Waals surface area contributed by atoms with Gasteiger partial charge in [-0.1, -0.05) is 6.92 Å². The third-order valence-electron chi connectivity index (χ3n) is 4.76. The Labute approximate surface area is 152 Å². The number of anilines is 2. The molecule has 1 atom stereocenters. The second kappa shape index (κ2) is 6.05. The molecule has 3 aromatic heterocycles. The molecular formula is C18H22N8. The highest BCUT2D eigenvalue weighted by Crippen LogP contribution is 2.40. The summed E-state index contributed by atoms with van der Waals surface area (Å²) in [7, 11) is 0. The van der Waals surface area contributed by atoms with Crippen molar-refractivity contribution >= 4 is 11.5 Å². The molecule has 1 aliphatic rings. The Bertz CT molecular complexity index is 962. The molecule has 2 N–H and O–H groups in total. The summed E-state index contributed by atoms with van der Waals surface area (Å²) >= 11 is 0. The molecule has 0 aliphatic carbocycles. The Kier molecular flexibility index (Phi) is 3.82. The maximum absolute atomic E-state index is 6.08. The number of aromatic nitrogens is 6. The van der Waals surface area contributed by atoms with Gasteiger partial charge in [-0.25, -0.2) is 9.97 Å². The number of hydrogen-bond donors (Lipinski definition) is 1. The average molecular weight is 350 g/mol. The van der Waals surface area contributed by atoms with Gasteiger partial charge in [0.25, 0.3) is 0 Å². The molecule has 3 aromatic rings. The first kappa shape index (κ1) is 16.4. The van der Waals surface area contributed by atoms with Gasteiger partial charge in [-0.2, -0.15) is 0 Å². The number of fused-ring (bicyclic) bond motifs is 3. The second-order valence-corrected chi connectivity index (χ2v) is 6.73. The molecule has 0 saturated heterocycles. The first-order valence-electron chi connectivity index (χ1n) is 8.80. The van der Waals surface area contributed by atoms with E-state index in [-0.39, 0.29) is 12.1 Å². The summed E-state index contributed by atoms with van der Waals surface area (Å²) in [4.78, 5) is 15.8. The van der Waals surface area contributed by atoms with Gasteiger partial charge in [-0.15, -0.1) is 10.2 Å². The highest BCUT2D eigenvalue weighted by atomic mass is 15.4. The number of nitrogens with zero attached hydrogens (tertiary/aromatic N) is 7. The van der Waals surface area contributed by atoms with Gasteiger partial charge in [-0.05, 0) is 33.3 Å². The molecule has 8 heteroatoms. The van der Waals surface area contributed by atoms with Crippen LogP contribution < -0.4 is 10.6 Å². The zero-order chi connectivity index (χ0) is 18.4. The number of hydrogen-bond acceptors (Lipinski definition) is 7. The third-order valence-corrected chi connectivity index (χ3v) is 4.76. The highest BCUT2D eigenvalue weighted by Gasteiger charge is 2.36. The quantitative estimate of drug-likeness (QED) is 0.775. The highest BCUT2D eigenvalue weighted by molar-refractivity contribution is 5.73. The largest absolute Gasteiger partial charge is 0.397 e. The van der Waals surface area contributed by atoms with E-state index >= 15 is 0 Å². The predicted octanol–water partition coefficient (Wildman–Crippen LogP) is 2.69. The summed E-state index contributed by atoms with van der Waals surface area (Å²) in [6.07, 6.45) is 6.06. The van der Waals surface area contributed by atoms with Crippen molar-refractivity contribution in [1.29, 1.82) is 0 Å². The summed E-state index contributed by atoms with van der Waals surface area (Å²) in [5.41, 5.74) is 8.33. The monoisotopic (exact) mass is 350 g/mol. The zero-order valence-corrected chi connectivity index (χ0v) is 15.4. The van der Waals surface area contributed by atoms with Gasteiger partial charge in [0.05, 0.1) is 24.1 Å². The Morgan fingerprint density at radius 3 is 2.73 bits per heavy atom. The molecule has 0 spiro atoms. The van der Waals surface area contributed by atoms with Crippen LogP contribution in [0.15, 0.2) is 24.7 Å². The molecule has 1 aliphatic heterocycles. The lowest BCUT2D eigenvalue weighted by Crippen LogP contribution is -2.40. The fourth-order valence-corrected chi connectivity index (χ4v) is 3.60. The molecule has 8 nitrogen and oxygen atoms in total. The van der Waals surface area contributed by atoms with E-state index in [2.05, 4.69) is 50.4 Å². The van der Waals surface area contributed by atoms with E-state index in [1.165, 1.54) is 0 Å². The van der Waals surface area contributed by atoms with Crippen LogP contribution in [0.1, 0.15) is 44.9 Å². The number of rotatable bonds is 3. The predicted molar refractivity (Wildman–Crippen MR) is 100.0 cm³/mol. The topological polar surface area (TPSA) is 98.6 Å². The van der Waals surface area contributed by atoms with E-state index in [0.717, 1.165) is 35.1 Å². The average Bonchev–Trinajstić information content (AvgIpc) is 3.02. The van der Waals surface area contributed by atoms with Crippen molar-refractivity contribution in [2.45, 2.75) is 46.2 Å². The molecule has 0 aromatic carbocycles. The minimum Gasteiger partial charge on any atom is -0.397 e. The van der Waals surface area contributed by atoms with Gasteiger partial charge in [0, 0.05) is 17.8 Å². The minimum atomic E-state index is 0.112. The maximum atomic E-state index is 6.08. The van der Waals surface area contributed by atoms with Crippen molar-refractivity contribution in [1.82, 2.24) is 29.7 Å². The molecule has 0 amide bonds. The van der Waals surface area contributed by atoms with E-state index < -0.39 is 0 Å². The molecule has 4 rings (SSSR count). The molecule has 26 heavy (non-hydrogen) atoms. The number of pyridine rings is 1. The van der Waals surface area contributed by atoms with Crippen LogP contribution >= 0.6 is 0 Å². The summed E-state index contributed by atoms with van der Waals surface area (Å²) in [5.74, 6) is 3.25. The van der Waals surface area contributed by atoms with Crippen molar-refractivity contribution in [3.8, 4) is 17.1 Å². The van der Waals surface area contributed by atoms with Gasteiger partial charge in [0.2, 0.25) is 0 Å². The van der Waals surface area contributed by atoms with Crippen LogP contribution in [0, 0.1) is 6.92 Å². The van der Waals surface area contributed by atoms with Crippen LogP contribution in [0.25, 0.3) is 17.1 Å².